The maximum atomic E-state index is 2.65. The lowest BCUT2D eigenvalue weighted by molar-refractivity contribution is 0.315. The molecule has 0 amide bonds. The lowest BCUT2D eigenvalue weighted by atomic mass is 9.90. The zero-order valence-corrected chi connectivity index (χ0v) is 16.9. The average molecular weight is 373 g/mol. The van der Waals surface area contributed by atoms with Gasteiger partial charge in [-0.3, -0.25) is 4.90 Å². The number of hydrogen-bond acceptors (Lipinski definition) is 2. The van der Waals surface area contributed by atoms with Gasteiger partial charge in [0.05, 0.1) is 0 Å². The molecule has 2 aromatic rings. The molecule has 2 aromatic carbocycles. The van der Waals surface area contributed by atoms with Gasteiger partial charge in [-0.05, 0) is 67.0 Å². The van der Waals surface area contributed by atoms with Gasteiger partial charge >= 0.3 is 0 Å². The summed E-state index contributed by atoms with van der Waals surface area (Å²) in [5, 5.41) is 0. The highest BCUT2D eigenvalue weighted by Gasteiger charge is 2.38. The molecule has 3 aliphatic rings. The van der Waals surface area contributed by atoms with Crippen LogP contribution in [0.15, 0.2) is 60.7 Å². The van der Waals surface area contributed by atoms with Crippen molar-refractivity contribution in [2.75, 3.05) is 32.7 Å². The summed E-state index contributed by atoms with van der Waals surface area (Å²) in [6, 6.07) is 20.4. The summed E-state index contributed by atoms with van der Waals surface area (Å²) >= 11 is 0. The zero-order valence-electron chi connectivity index (χ0n) is 16.9. The number of rotatable bonds is 6. The van der Waals surface area contributed by atoms with Crippen LogP contribution in [-0.2, 0) is 13.0 Å². The Kier molecular flexibility index (Phi) is 5.33. The second-order valence-electron chi connectivity index (χ2n) is 8.94. The van der Waals surface area contributed by atoms with Gasteiger partial charge in [0.2, 0.25) is 0 Å². The Morgan fingerprint density at radius 3 is 2.36 bits per heavy atom. The van der Waals surface area contributed by atoms with Crippen LogP contribution in [0.5, 0.6) is 0 Å². The van der Waals surface area contributed by atoms with E-state index in [9.17, 15) is 0 Å². The van der Waals surface area contributed by atoms with E-state index >= 15 is 0 Å². The summed E-state index contributed by atoms with van der Waals surface area (Å²) in [5.74, 6) is 1.53. The van der Waals surface area contributed by atoms with Gasteiger partial charge in [0, 0.05) is 32.1 Å². The highest BCUT2D eigenvalue weighted by molar-refractivity contribution is 5.70. The standard InChI is InChI=1S/C26H32N2/c1-2-6-22(7-3-1)18-28-19-24-12-13-25(26(24)20-28)23-10-8-21(9-11-23)14-17-27-15-4-5-16-27/h1-3,6-11,13,24,26H,4-5,12,14-20H2/t24-,26+/m0/s1. The molecular formula is C26H32N2. The molecule has 0 unspecified atom stereocenters. The molecule has 0 spiro atoms. The van der Waals surface area contributed by atoms with Crippen LogP contribution in [0.3, 0.4) is 0 Å². The third kappa shape index (κ3) is 3.94. The molecule has 2 fully saturated rings. The molecule has 0 radical (unpaired) electrons. The molecule has 2 nitrogen and oxygen atoms in total. The first-order valence-corrected chi connectivity index (χ1v) is 11.1. The maximum absolute atomic E-state index is 2.65. The fourth-order valence-corrected chi connectivity index (χ4v) is 5.44. The molecule has 2 atom stereocenters. The number of allylic oxidation sites excluding steroid dienone is 1. The largest absolute Gasteiger partial charge is 0.303 e. The minimum Gasteiger partial charge on any atom is -0.303 e. The smallest absolute Gasteiger partial charge is 0.0234 e. The second kappa shape index (κ2) is 8.23. The highest BCUT2D eigenvalue weighted by Crippen LogP contribution is 2.43. The van der Waals surface area contributed by atoms with E-state index in [0.717, 1.165) is 18.4 Å². The number of fused-ring (bicyclic) bond motifs is 1. The summed E-state index contributed by atoms with van der Waals surface area (Å²) < 4.78 is 0. The average Bonchev–Trinajstić information content (AvgIpc) is 3.45. The molecule has 2 aliphatic heterocycles. The van der Waals surface area contributed by atoms with Crippen molar-refractivity contribution in [3.8, 4) is 0 Å². The van der Waals surface area contributed by atoms with Crippen LogP contribution in [0.4, 0.5) is 0 Å². The number of hydrogen-bond donors (Lipinski definition) is 0. The first-order chi connectivity index (χ1) is 13.8. The minimum absolute atomic E-state index is 0.721. The van der Waals surface area contributed by atoms with Crippen molar-refractivity contribution in [1.82, 2.24) is 9.80 Å². The molecule has 28 heavy (non-hydrogen) atoms. The molecule has 0 N–H and O–H groups in total. The number of likely N-dealkylation sites (tertiary alicyclic amines) is 2. The Morgan fingerprint density at radius 2 is 1.57 bits per heavy atom. The molecule has 0 bridgehead atoms. The molecule has 2 heteroatoms. The van der Waals surface area contributed by atoms with Crippen LogP contribution < -0.4 is 0 Å². The van der Waals surface area contributed by atoms with Gasteiger partial charge in [0.15, 0.2) is 0 Å². The first-order valence-electron chi connectivity index (χ1n) is 11.1. The number of nitrogens with zero attached hydrogens (tertiary/aromatic N) is 2. The number of benzene rings is 2. The van der Waals surface area contributed by atoms with E-state index in [1.165, 1.54) is 75.1 Å². The van der Waals surface area contributed by atoms with Crippen molar-refractivity contribution in [2.24, 2.45) is 11.8 Å². The van der Waals surface area contributed by atoms with E-state index < -0.39 is 0 Å². The van der Waals surface area contributed by atoms with Crippen molar-refractivity contribution < 1.29 is 0 Å². The van der Waals surface area contributed by atoms with Crippen LogP contribution in [0.1, 0.15) is 36.0 Å². The van der Waals surface area contributed by atoms with E-state index in [4.69, 9.17) is 0 Å². The Balaban J connectivity index is 1.19. The van der Waals surface area contributed by atoms with Crippen LogP contribution >= 0.6 is 0 Å². The van der Waals surface area contributed by atoms with Gasteiger partial charge in [-0.1, -0.05) is 60.7 Å². The SMILES string of the molecule is C1=C(c2ccc(CCN3CCCC3)cc2)[C@@H]2CN(Cc3ccccc3)C[C@@H]2C1. The molecule has 5 rings (SSSR count). The van der Waals surface area contributed by atoms with E-state index in [1.807, 2.05) is 0 Å². The normalized spacial score (nSPS) is 25.2. The first kappa shape index (κ1) is 18.1. The topological polar surface area (TPSA) is 6.48 Å². The predicted octanol–water partition coefficient (Wildman–Crippen LogP) is 4.86. The summed E-state index contributed by atoms with van der Waals surface area (Å²) in [6.45, 7) is 7.37. The monoisotopic (exact) mass is 372 g/mol. The highest BCUT2D eigenvalue weighted by atomic mass is 15.2. The fraction of sp³-hybridized carbons (Fsp3) is 0.462. The van der Waals surface area contributed by atoms with Crippen LogP contribution in [0.2, 0.25) is 0 Å². The summed E-state index contributed by atoms with van der Waals surface area (Å²) in [6.07, 6.45) is 7.74. The van der Waals surface area contributed by atoms with Gasteiger partial charge in [-0.15, -0.1) is 0 Å². The summed E-state index contributed by atoms with van der Waals surface area (Å²) in [5.41, 5.74) is 5.99. The van der Waals surface area contributed by atoms with Crippen molar-refractivity contribution in [2.45, 2.75) is 32.2 Å². The zero-order chi connectivity index (χ0) is 18.8. The Labute approximate surface area is 169 Å². The van der Waals surface area contributed by atoms with Crippen LogP contribution in [0, 0.1) is 11.8 Å². The summed E-state index contributed by atoms with van der Waals surface area (Å²) in [4.78, 5) is 5.26. The fourth-order valence-electron chi connectivity index (χ4n) is 5.44. The van der Waals surface area contributed by atoms with Crippen molar-refractivity contribution in [3.05, 3.63) is 77.4 Å². The molecule has 2 saturated heterocycles. The lowest BCUT2D eigenvalue weighted by Gasteiger charge is -2.18. The van der Waals surface area contributed by atoms with E-state index in [0.29, 0.717) is 0 Å². The Morgan fingerprint density at radius 1 is 0.786 bits per heavy atom. The van der Waals surface area contributed by atoms with Gasteiger partial charge in [-0.2, -0.15) is 0 Å². The molecule has 0 saturated carbocycles. The maximum Gasteiger partial charge on any atom is 0.0234 e. The molecule has 0 aromatic heterocycles. The van der Waals surface area contributed by atoms with Crippen molar-refractivity contribution >= 4 is 5.57 Å². The van der Waals surface area contributed by atoms with Gasteiger partial charge < -0.3 is 4.90 Å². The quantitative estimate of drug-likeness (QED) is 0.714. The van der Waals surface area contributed by atoms with E-state index in [1.54, 1.807) is 5.57 Å². The van der Waals surface area contributed by atoms with E-state index in [-0.39, 0.29) is 0 Å². The van der Waals surface area contributed by atoms with Gasteiger partial charge in [-0.25, -0.2) is 0 Å². The Bertz CT molecular complexity index is 802. The van der Waals surface area contributed by atoms with Gasteiger partial charge in [0.1, 0.15) is 0 Å². The lowest BCUT2D eigenvalue weighted by Crippen LogP contribution is -2.21. The third-order valence-corrected chi connectivity index (χ3v) is 7.01. The van der Waals surface area contributed by atoms with Gasteiger partial charge in [0.25, 0.3) is 0 Å². The van der Waals surface area contributed by atoms with E-state index in [2.05, 4.69) is 70.5 Å². The molecule has 2 heterocycles. The Hall–Kier alpha value is -1.90. The summed E-state index contributed by atoms with van der Waals surface area (Å²) in [7, 11) is 0. The predicted molar refractivity (Wildman–Crippen MR) is 117 cm³/mol. The molecular weight excluding hydrogens is 340 g/mol. The second-order valence-corrected chi connectivity index (χ2v) is 8.94. The molecule has 146 valence electrons. The third-order valence-electron chi connectivity index (χ3n) is 7.01. The van der Waals surface area contributed by atoms with Crippen molar-refractivity contribution in [1.29, 1.82) is 0 Å². The molecule has 1 aliphatic carbocycles. The van der Waals surface area contributed by atoms with Crippen molar-refractivity contribution in [3.63, 3.8) is 0 Å². The minimum atomic E-state index is 0.721. The van der Waals surface area contributed by atoms with Crippen LogP contribution in [0.25, 0.3) is 5.57 Å². The van der Waals surface area contributed by atoms with Crippen LogP contribution in [-0.4, -0.2) is 42.5 Å².